The number of hydrogen-bond donors (Lipinski definition) is 2. The molecule has 1 rings (SSSR count). The first kappa shape index (κ1) is 17.8. The van der Waals surface area contributed by atoms with E-state index in [4.69, 9.17) is 14.9 Å². The molecular formula is C9H8Ag2O5. The molecule has 0 aliphatic carbocycles. The number of benzene rings is 1. The molecule has 2 N–H and O–H groups in total. The quantitative estimate of drug-likeness (QED) is 0.727. The fourth-order valence-corrected chi connectivity index (χ4v) is 1.00. The van der Waals surface area contributed by atoms with Crippen LogP contribution < -0.4 is 4.74 Å². The van der Waals surface area contributed by atoms with Crippen molar-refractivity contribution >= 4 is 11.9 Å². The Morgan fingerprint density at radius 2 is 1.69 bits per heavy atom. The molecule has 0 aliphatic heterocycles. The van der Waals surface area contributed by atoms with Crippen LogP contribution in [0.5, 0.6) is 5.75 Å². The van der Waals surface area contributed by atoms with Gasteiger partial charge in [0.2, 0.25) is 0 Å². The molecule has 16 heavy (non-hydrogen) atoms. The van der Waals surface area contributed by atoms with E-state index in [2.05, 4.69) is 0 Å². The molecule has 0 atom stereocenters. The number of aromatic carboxylic acids is 2. The predicted octanol–water partition coefficient (Wildman–Crippen LogP) is 1.09. The van der Waals surface area contributed by atoms with Gasteiger partial charge in [-0.15, -0.1) is 0 Å². The molecule has 2 radical (unpaired) electrons. The van der Waals surface area contributed by atoms with Gasteiger partial charge in [-0.1, -0.05) is 0 Å². The molecule has 0 heterocycles. The summed E-state index contributed by atoms with van der Waals surface area (Å²) in [6.45, 7) is 0. The monoisotopic (exact) mass is 410 g/mol. The topological polar surface area (TPSA) is 83.8 Å². The van der Waals surface area contributed by atoms with Crippen LogP contribution in [0.15, 0.2) is 18.2 Å². The molecule has 0 bridgehead atoms. The molecule has 1 aromatic carbocycles. The van der Waals surface area contributed by atoms with Gasteiger partial charge >= 0.3 is 11.9 Å². The summed E-state index contributed by atoms with van der Waals surface area (Å²) >= 11 is 0. The van der Waals surface area contributed by atoms with Crippen molar-refractivity contribution in [2.24, 2.45) is 0 Å². The summed E-state index contributed by atoms with van der Waals surface area (Å²) in [7, 11) is 1.29. The number of rotatable bonds is 3. The van der Waals surface area contributed by atoms with Crippen molar-refractivity contribution in [3.05, 3.63) is 29.3 Å². The molecule has 0 spiro atoms. The Hall–Kier alpha value is -0.559. The zero-order valence-corrected chi connectivity index (χ0v) is 10.9. The zero-order chi connectivity index (χ0) is 10.7. The van der Waals surface area contributed by atoms with Crippen LogP contribution in [0.25, 0.3) is 0 Å². The summed E-state index contributed by atoms with van der Waals surface area (Å²) in [5.41, 5.74) is -0.0654. The van der Waals surface area contributed by atoms with Gasteiger partial charge in [-0.05, 0) is 18.2 Å². The fourth-order valence-electron chi connectivity index (χ4n) is 1.00. The maximum atomic E-state index is 10.6. The molecule has 0 fully saturated rings. The summed E-state index contributed by atoms with van der Waals surface area (Å²) in [6, 6.07) is 3.59. The first-order valence-corrected chi connectivity index (χ1v) is 3.71. The SMILES string of the molecule is COc1cc(C(=O)O)ccc1C(=O)O.[Ag].[Ag]. The van der Waals surface area contributed by atoms with Crippen molar-refractivity contribution in [3.63, 3.8) is 0 Å². The van der Waals surface area contributed by atoms with Gasteiger partial charge in [-0.25, -0.2) is 9.59 Å². The molecule has 96 valence electrons. The summed E-state index contributed by atoms with van der Waals surface area (Å²) in [6.07, 6.45) is 0. The number of carbonyl (C=O) groups is 2. The molecule has 0 aliphatic rings. The van der Waals surface area contributed by atoms with Gasteiger partial charge in [0.25, 0.3) is 0 Å². The van der Waals surface area contributed by atoms with Crippen LogP contribution in [-0.2, 0) is 44.8 Å². The van der Waals surface area contributed by atoms with E-state index in [1.807, 2.05) is 0 Å². The molecule has 0 unspecified atom stereocenters. The van der Waals surface area contributed by atoms with Crippen molar-refractivity contribution < 1.29 is 69.3 Å². The third kappa shape index (κ3) is 4.13. The molecule has 5 nitrogen and oxygen atoms in total. The van der Waals surface area contributed by atoms with E-state index in [-0.39, 0.29) is 61.6 Å². The van der Waals surface area contributed by atoms with Gasteiger partial charge < -0.3 is 14.9 Å². The van der Waals surface area contributed by atoms with Crippen LogP contribution in [-0.4, -0.2) is 29.3 Å². The second kappa shape index (κ2) is 7.67. The third-order valence-electron chi connectivity index (χ3n) is 1.68. The minimum atomic E-state index is -1.15. The Morgan fingerprint density at radius 3 is 2.06 bits per heavy atom. The summed E-state index contributed by atoms with van der Waals surface area (Å²) in [4.78, 5) is 21.2. The third-order valence-corrected chi connectivity index (χ3v) is 1.68. The first-order valence-electron chi connectivity index (χ1n) is 3.71. The number of carboxylic acids is 2. The number of carboxylic acid groups (broad SMARTS) is 2. The zero-order valence-electron chi connectivity index (χ0n) is 7.95. The molecule has 0 aromatic heterocycles. The van der Waals surface area contributed by atoms with Gasteiger partial charge in [0.15, 0.2) is 0 Å². The molecule has 1 aromatic rings. The number of hydrogen-bond acceptors (Lipinski definition) is 3. The minimum Gasteiger partial charge on any atom is -0.496 e. The van der Waals surface area contributed by atoms with Crippen LogP contribution >= 0.6 is 0 Å². The van der Waals surface area contributed by atoms with Crippen molar-refractivity contribution in [1.29, 1.82) is 0 Å². The van der Waals surface area contributed by atoms with Crippen LogP contribution in [0, 0.1) is 0 Å². The summed E-state index contributed by atoms with van der Waals surface area (Å²) < 4.78 is 4.75. The van der Waals surface area contributed by atoms with E-state index in [0.717, 1.165) is 0 Å². The molecular weight excluding hydrogens is 404 g/mol. The second-order valence-electron chi connectivity index (χ2n) is 2.53. The summed E-state index contributed by atoms with van der Waals surface area (Å²) in [5.74, 6) is -2.24. The Bertz CT molecular complexity index is 391. The van der Waals surface area contributed by atoms with Crippen LogP contribution in [0.4, 0.5) is 0 Å². The average molecular weight is 412 g/mol. The Labute approximate surface area is 123 Å². The van der Waals surface area contributed by atoms with Crippen LogP contribution in [0.3, 0.4) is 0 Å². The van der Waals surface area contributed by atoms with Gasteiger partial charge in [-0.2, -0.15) is 0 Å². The van der Waals surface area contributed by atoms with Crippen LogP contribution in [0.1, 0.15) is 20.7 Å². The fraction of sp³-hybridized carbons (Fsp3) is 0.111. The van der Waals surface area contributed by atoms with Crippen molar-refractivity contribution in [1.82, 2.24) is 0 Å². The Morgan fingerprint density at radius 1 is 1.12 bits per heavy atom. The van der Waals surface area contributed by atoms with E-state index < -0.39 is 11.9 Å². The van der Waals surface area contributed by atoms with Crippen molar-refractivity contribution in [2.75, 3.05) is 7.11 Å². The van der Waals surface area contributed by atoms with Gasteiger partial charge in [0.1, 0.15) is 11.3 Å². The second-order valence-corrected chi connectivity index (χ2v) is 2.53. The van der Waals surface area contributed by atoms with Crippen LogP contribution in [0.2, 0.25) is 0 Å². The van der Waals surface area contributed by atoms with Gasteiger partial charge in [-0.3, -0.25) is 0 Å². The standard InChI is InChI=1S/C9H8O5.2Ag/c1-14-7-4-5(8(10)11)2-3-6(7)9(12)13;;/h2-4H,1H3,(H,10,11)(H,12,13);;. The molecule has 7 heteroatoms. The average Bonchev–Trinajstić information content (AvgIpc) is 2.16. The Balaban J connectivity index is 0. The van der Waals surface area contributed by atoms with E-state index in [9.17, 15) is 9.59 Å². The molecule has 0 saturated carbocycles. The molecule has 0 saturated heterocycles. The smallest absolute Gasteiger partial charge is 0.339 e. The van der Waals surface area contributed by atoms with E-state index >= 15 is 0 Å². The normalized spacial score (nSPS) is 8.31. The predicted molar refractivity (Wildman–Crippen MR) is 46.9 cm³/mol. The van der Waals surface area contributed by atoms with E-state index in [0.29, 0.717) is 0 Å². The van der Waals surface area contributed by atoms with Gasteiger partial charge in [0, 0.05) is 44.8 Å². The number of methoxy groups -OCH3 is 1. The van der Waals surface area contributed by atoms with E-state index in [1.54, 1.807) is 0 Å². The maximum absolute atomic E-state index is 10.6. The Kier molecular flexibility index (Phi) is 8.55. The van der Waals surface area contributed by atoms with Crippen molar-refractivity contribution in [2.45, 2.75) is 0 Å². The first-order chi connectivity index (χ1) is 6.56. The van der Waals surface area contributed by atoms with E-state index in [1.165, 1.54) is 25.3 Å². The largest absolute Gasteiger partial charge is 0.496 e. The minimum absolute atomic E-state index is 0. The van der Waals surface area contributed by atoms with Crippen molar-refractivity contribution in [3.8, 4) is 5.75 Å². The molecule has 0 amide bonds. The maximum Gasteiger partial charge on any atom is 0.339 e. The number of ether oxygens (including phenoxy) is 1. The summed E-state index contributed by atoms with van der Waals surface area (Å²) in [5, 5.41) is 17.3. The van der Waals surface area contributed by atoms with Gasteiger partial charge in [0.05, 0.1) is 12.7 Å².